The van der Waals surface area contributed by atoms with Crippen LogP contribution >= 0.6 is 0 Å². The third-order valence-corrected chi connectivity index (χ3v) is 5.20. The first-order valence-electron chi connectivity index (χ1n) is 11.0. The number of ether oxygens (including phenoxy) is 2. The number of methoxy groups -OCH3 is 1. The van der Waals surface area contributed by atoms with Crippen LogP contribution in [0, 0.1) is 0 Å². The zero-order valence-corrected chi connectivity index (χ0v) is 19.3. The van der Waals surface area contributed by atoms with Gasteiger partial charge in [0.1, 0.15) is 17.2 Å². The Bertz CT molecular complexity index is 1330. The maximum Gasteiger partial charge on any atom is 0.357 e. The average molecular weight is 469 g/mol. The Morgan fingerprint density at radius 1 is 0.914 bits per heavy atom. The number of aromatic nitrogens is 2. The van der Waals surface area contributed by atoms with Gasteiger partial charge in [0.15, 0.2) is 5.69 Å². The minimum absolute atomic E-state index is 0.207. The Hall–Kier alpha value is -4.72. The highest BCUT2D eigenvalue weighted by molar-refractivity contribution is 6.17. The number of nitrogens with one attached hydrogen (secondary N) is 2. The summed E-state index contributed by atoms with van der Waals surface area (Å²) in [5, 5.41) is 11.7. The fourth-order valence-electron chi connectivity index (χ4n) is 3.51. The largest absolute Gasteiger partial charge is 0.497 e. The van der Waals surface area contributed by atoms with Gasteiger partial charge in [-0.1, -0.05) is 60.7 Å². The Kier molecular flexibility index (Phi) is 7.32. The molecule has 1 amide bonds. The fourth-order valence-corrected chi connectivity index (χ4v) is 3.51. The summed E-state index contributed by atoms with van der Waals surface area (Å²) < 4.78 is 10.4. The van der Waals surface area contributed by atoms with Crippen molar-refractivity contribution in [1.82, 2.24) is 15.6 Å². The molecule has 0 unspecified atom stereocenters. The quantitative estimate of drug-likeness (QED) is 0.226. The number of esters is 1. The van der Waals surface area contributed by atoms with Crippen LogP contribution in [-0.2, 0) is 4.74 Å². The predicted molar refractivity (Wildman–Crippen MR) is 133 cm³/mol. The molecule has 8 heteroatoms. The summed E-state index contributed by atoms with van der Waals surface area (Å²) in [7, 11) is 1.56. The predicted octanol–water partition coefficient (Wildman–Crippen LogP) is 4.44. The van der Waals surface area contributed by atoms with Crippen molar-refractivity contribution >= 4 is 17.6 Å². The first kappa shape index (κ1) is 23.4. The van der Waals surface area contributed by atoms with Crippen LogP contribution in [-0.4, -0.2) is 41.5 Å². The molecule has 0 fully saturated rings. The molecule has 4 rings (SSSR count). The van der Waals surface area contributed by atoms with E-state index >= 15 is 0 Å². The Labute approximate surface area is 202 Å². The van der Waals surface area contributed by atoms with E-state index in [-0.39, 0.29) is 12.3 Å². The lowest BCUT2D eigenvalue weighted by atomic mass is 9.97. The van der Waals surface area contributed by atoms with E-state index in [2.05, 4.69) is 20.7 Å². The molecule has 0 aliphatic rings. The summed E-state index contributed by atoms with van der Waals surface area (Å²) in [5.41, 5.74) is 6.02. The molecule has 1 aromatic heterocycles. The number of carbonyl (C=O) groups is 2. The second kappa shape index (κ2) is 10.9. The molecule has 0 aliphatic heterocycles. The van der Waals surface area contributed by atoms with Gasteiger partial charge in [0.25, 0.3) is 5.91 Å². The van der Waals surface area contributed by atoms with Gasteiger partial charge in [-0.05, 0) is 36.8 Å². The summed E-state index contributed by atoms with van der Waals surface area (Å²) in [4.78, 5) is 25.5. The molecule has 176 valence electrons. The minimum Gasteiger partial charge on any atom is -0.497 e. The zero-order valence-electron chi connectivity index (χ0n) is 19.3. The lowest BCUT2D eigenvalue weighted by molar-refractivity contribution is 0.0520. The SMILES string of the molecule is CCOC(=O)c1[nH]nc(/C(=N/NC(=O)c2ccc(OC)cc2)c2ccccc2)c1-c1ccccc1. The van der Waals surface area contributed by atoms with Gasteiger partial charge in [-0.2, -0.15) is 10.2 Å². The standard InChI is InChI=1S/C27H24N4O4/c1-3-35-27(33)25-22(18-10-6-4-7-11-18)24(29-30-25)23(19-12-8-5-9-13-19)28-31-26(32)20-14-16-21(34-2)17-15-20/h4-17H,3H2,1-2H3,(H,29,30)(H,31,32)/b28-23+. The smallest absolute Gasteiger partial charge is 0.357 e. The summed E-state index contributed by atoms with van der Waals surface area (Å²) in [6, 6.07) is 25.4. The normalized spacial score (nSPS) is 11.1. The molecule has 8 nitrogen and oxygen atoms in total. The van der Waals surface area contributed by atoms with Gasteiger partial charge in [-0.3, -0.25) is 9.89 Å². The summed E-state index contributed by atoms with van der Waals surface area (Å²) in [5.74, 6) is -0.283. The fraction of sp³-hybridized carbons (Fsp3) is 0.111. The van der Waals surface area contributed by atoms with Crippen molar-refractivity contribution in [3.05, 3.63) is 107 Å². The van der Waals surface area contributed by atoms with Gasteiger partial charge in [0.05, 0.1) is 13.7 Å². The van der Waals surface area contributed by atoms with Crippen molar-refractivity contribution in [1.29, 1.82) is 0 Å². The Balaban J connectivity index is 1.80. The molecular formula is C27H24N4O4. The van der Waals surface area contributed by atoms with Crippen LogP contribution < -0.4 is 10.2 Å². The zero-order chi connectivity index (χ0) is 24.6. The molecule has 1 heterocycles. The molecule has 0 spiro atoms. The number of carbonyl (C=O) groups excluding carboxylic acids is 2. The second-order valence-electron chi connectivity index (χ2n) is 7.40. The lowest BCUT2D eigenvalue weighted by Gasteiger charge is -2.10. The molecule has 4 aromatic rings. The monoisotopic (exact) mass is 468 g/mol. The molecule has 3 aromatic carbocycles. The summed E-state index contributed by atoms with van der Waals surface area (Å²) in [6.07, 6.45) is 0. The van der Waals surface area contributed by atoms with Gasteiger partial charge in [0, 0.05) is 16.7 Å². The number of benzene rings is 3. The van der Waals surface area contributed by atoms with E-state index in [1.807, 2.05) is 60.7 Å². The van der Waals surface area contributed by atoms with Gasteiger partial charge in [0.2, 0.25) is 0 Å². The molecule has 0 aliphatic carbocycles. The number of aromatic amines is 1. The molecule has 35 heavy (non-hydrogen) atoms. The van der Waals surface area contributed by atoms with Gasteiger partial charge >= 0.3 is 5.97 Å². The highest BCUT2D eigenvalue weighted by atomic mass is 16.5. The number of hydrazone groups is 1. The third kappa shape index (κ3) is 5.27. The number of amides is 1. The van der Waals surface area contributed by atoms with Gasteiger partial charge < -0.3 is 9.47 Å². The van der Waals surface area contributed by atoms with Crippen LogP contribution in [0.2, 0.25) is 0 Å². The van der Waals surface area contributed by atoms with Crippen LogP contribution in [0.3, 0.4) is 0 Å². The Morgan fingerprint density at radius 2 is 1.57 bits per heavy atom. The highest BCUT2D eigenvalue weighted by Crippen LogP contribution is 2.29. The minimum atomic E-state index is -0.528. The molecule has 0 atom stereocenters. The van der Waals surface area contributed by atoms with Crippen LogP contribution in [0.25, 0.3) is 11.1 Å². The van der Waals surface area contributed by atoms with E-state index in [1.54, 1.807) is 38.3 Å². The second-order valence-corrected chi connectivity index (χ2v) is 7.40. The van der Waals surface area contributed by atoms with Crippen molar-refractivity contribution in [2.24, 2.45) is 5.10 Å². The topological polar surface area (TPSA) is 106 Å². The molecular weight excluding hydrogens is 444 g/mol. The summed E-state index contributed by atoms with van der Waals surface area (Å²) >= 11 is 0. The van der Waals surface area contributed by atoms with E-state index in [9.17, 15) is 9.59 Å². The van der Waals surface area contributed by atoms with E-state index in [4.69, 9.17) is 9.47 Å². The van der Waals surface area contributed by atoms with Gasteiger partial charge in [-0.25, -0.2) is 10.2 Å². The van der Waals surface area contributed by atoms with Crippen LogP contribution in [0.4, 0.5) is 0 Å². The molecule has 0 saturated carbocycles. The number of nitrogens with zero attached hydrogens (tertiary/aromatic N) is 2. The van der Waals surface area contributed by atoms with E-state index in [1.165, 1.54) is 0 Å². The maximum absolute atomic E-state index is 12.8. The van der Waals surface area contributed by atoms with Gasteiger partial charge in [-0.15, -0.1) is 0 Å². The summed E-state index contributed by atoms with van der Waals surface area (Å²) in [6.45, 7) is 1.96. The number of rotatable bonds is 8. The van der Waals surface area contributed by atoms with Crippen molar-refractivity contribution in [2.75, 3.05) is 13.7 Å². The van der Waals surface area contributed by atoms with Crippen LogP contribution in [0.1, 0.15) is 39.0 Å². The molecule has 0 bridgehead atoms. The van der Waals surface area contributed by atoms with Crippen molar-refractivity contribution in [3.63, 3.8) is 0 Å². The van der Waals surface area contributed by atoms with Crippen molar-refractivity contribution < 1.29 is 19.1 Å². The first-order valence-corrected chi connectivity index (χ1v) is 11.0. The highest BCUT2D eigenvalue weighted by Gasteiger charge is 2.25. The van der Waals surface area contributed by atoms with Crippen molar-refractivity contribution in [2.45, 2.75) is 6.92 Å². The van der Waals surface area contributed by atoms with E-state index in [0.29, 0.717) is 33.8 Å². The van der Waals surface area contributed by atoms with Crippen molar-refractivity contribution in [3.8, 4) is 16.9 Å². The average Bonchev–Trinajstić information content (AvgIpc) is 3.35. The number of hydrogen-bond donors (Lipinski definition) is 2. The van der Waals surface area contributed by atoms with E-state index in [0.717, 1.165) is 5.56 Å². The number of H-pyrrole nitrogens is 1. The third-order valence-electron chi connectivity index (χ3n) is 5.20. The lowest BCUT2D eigenvalue weighted by Crippen LogP contribution is -2.21. The van der Waals surface area contributed by atoms with Crippen LogP contribution in [0.15, 0.2) is 90.0 Å². The first-order chi connectivity index (χ1) is 17.1. The molecule has 2 N–H and O–H groups in total. The Morgan fingerprint density at radius 3 is 2.20 bits per heavy atom. The molecule has 0 saturated heterocycles. The number of hydrogen-bond acceptors (Lipinski definition) is 6. The van der Waals surface area contributed by atoms with Crippen LogP contribution in [0.5, 0.6) is 5.75 Å². The maximum atomic E-state index is 12.8. The van der Waals surface area contributed by atoms with E-state index < -0.39 is 11.9 Å². The molecule has 0 radical (unpaired) electrons.